The van der Waals surface area contributed by atoms with E-state index in [9.17, 15) is 9.59 Å². The molecule has 0 amide bonds. The van der Waals surface area contributed by atoms with Crippen molar-refractivity contribution in [1.82, 2.24) is 9.97 Å². The lowest BCUT2D eigenvalue weighted by Crippen LogP contribution is -2.21. The molecule has 0 spiro atoms. The average Bonchev–Trinajstić information content (AvgIpc) is 3.07. The van der Waals surface area contributed by atoms with Crippen LogP contribution in [0, 0.1) is 5.41 Å². The molecule has 7 N–H and O–H groups in total. The number of anilines is 1. The van der Waals surface area contributed by atoms with Crippen molar-refractivity contribution in [1.29, 1.82) is 5.41 Å². The molecule has 0 radical (unpaired) electrons. The molecular weight excluding hydrogens is 374 g/mol. The third-order valence-corrected chi connectivity index (χ3v) is 3.98. The van der Waals surface area contributed by atoms with Gasteiger partial charge in [0.1, 0.15) is 0 Å². The minimum absolute atomic E-state index is 0.0735. The van der Waals surface area contributed by atoms with Crippen LogP contribution in [0.4, 0.5) is 5.95 Å². The number of H-pyrrole nitrogens is 1. The molecule has 0 bridgehead atoms. The van der Waals surface area contributed by atoms with Crippen LogP contribution in [0.3, 0.4) is 0 Å². The molecule has 0 saturated carbocycles. The second kappa shape index (κ2) is 10.5. The Labute approximate surface area is 167 Å². The Kier molecular flexibility index (Phi) is 7.72. The molecule has 0 unspecified atom stereocenters. The lowest BCUT2D eigenvalue weighted by Gasteiger charge is -2.06. The molecule has 0 saturated heterocycles. The standard InChI is InChI=1S/C12H14O4.C8H9N5/c13-11(14)7-5-9-3-1-2-4-10(9)6-8-12(15)16;9-7(10)13-8-11-5-3-1-2-4-6(5)12-8/h1-4H,5-8H2,(H,13,14)(H,15,16);1-4H,(H5,9,10,11,12,13). The Morgan fingerprint density at radius 2 is 1.48 bits per heavy atom. The molecular formula is C20H23N5O4. The summed E-state index contributed by atoms with van der Waals surface area (Å²) < 4.78 is 0. The van der Waals surface area contributed by atoms with Gasteiger partial charge in [-0.05, 0) is 36.1 Å². The third kappa shape index (κ3) is 7.33. The molecule has 3 rings (SSSR count). The molecule has 0 fully saturated rings. The summed E-state index contributed by atoms with van der Waals surface area (Å²) in [5.41, 5.74) is 8.78. The molecule has 1 heterocycles. The van der Waals surface area contributed by atoms with Crippen LogP contribution in [-0.2, 0) is 22.4 Å². The number of nitrogens with one attached hydrogen (secondary N) is 3. The zero-order chi connectivity index (χ0) is 21.2. The fourth-order valence-corrected chi connectivity index (χ4v) is 2.67. The largest absolute Gasteiger partial charge is 0.481 e. The number of para-hydroxylation sites is 2. The minimum atomic E-state index is -0.840. The zero-order valence-electron chi connectivity index (χ0n) is 15.7. The molecule has 29 heavy (non-hydrogen) atoms. The number of benzene rings is 2. The zero-order valence-corrected chi connectivity index (χ0v) is 15.7. The van der Waals surface area contributed by atoms with Crippen LogP contribution >= 0.6 is 0 Å². The SMILES string of the molecule is N=C(N)Nc1nc2ccccc2[nH]1.O=C(O)CCc1ccccc1CCC(=O)O. The number of imidazole rings is 1. The lowest BCUT2D eigenvalue weighted by molar-refractivity contribution is -0.138. The second-order valence-electron chi connectivity index (χ2n) is 6.20. The number of carbonyl (C=O) groups is 2. The van der Waals surface area contributed by atoms with Crippen molar-refractivity contribution < 1.29 is 19.8 Å². The minimum Gasteiger partial charge on any atom is -0.481 e. The number of fused-ring (bicyclic) bond motifs is 1. The molecule has 0 aliphatic heterocycles. The van der Waals surface area contributed by atoms with Gasteiger partial charge < -0.3 is 20.9 Å². The normalized spacial score (nSPS) is 10.1. The molecule has 9 heteroatoms. The van der Waals surface area contributed by atoms with Crippen molar-refractivity contribution in [2.24, 2.45) is 5.73 Å². The summed E-state index contributed by atoms with van der Waals surface area (Å²) in [5, 5.41) is 26.8. The average molecular weight is 397 g/mol. The Hall–Kier alpha value is -3.88. The van der Waals surface area contributed by atoms with Gasteiger partial charge in [0.15, 0.2) is 5.96 Å². The Morgan fingerprint density at radius 1 is 0.966 bits per heavy atom. The van der Waals surface area contributed by atoms with Gasteiger partial charge in [-0.25, -0.2) is 4.98 Å². The second-order valence-corrected chi connectivity index (χ2v) is 6.20. The van der Waals surface area contributed by atoms with E-state index >= 15 is 0 Å². The number of carboxylic acids is 2. The molecule has 9 nitrogen and oxygen atoms in total. The van der Waals surface area contributed by atoms with Gasteiger partial charge in [-0.2, -0.15) is 0 Å². The van der Waals surface area contributed by atoms with E-state index in [-0.39, 0.29) is 18.8 Å². The summed E-state index contributed by atoms with van der Waals surface area (Å²) >= 11 is 0. The van der Waals surface area contributed by atoms with Gasteiger partial charge in [-0.1, -0.05) is 36.4 Å². The molecule has 1 aromatic heterocycles. The predicted molar refractivity (Wildman–Crippen MR) is 110 cm³/mol. The number of nitrogens with zero attached hydrogens (tertiary/aromatic N) is 1. The van der Waals surface area contributed by atoms with Crippen LogP contribution in [0.2, 0.25) is 0 Å². The smallest absolute Gasteiger partial charge is 0.303 e. The maximum atomic E-state index is 10.5. The highest BCUT2D eigenvalue weighted by Crippen LogP contribution is 2.14. The van der Waals surface area contributed by atoms with E-state index in [0.717, 1.165) is 22.2 Å². The number of nitrogens with two attached hydrogens (primary N) is 1. The predicted octanol–water partition coefficient (Wildman–Crippen LogP) is 2.59. The summed E-state index contributed by atoms with van der Waals surface area (Å²) in [4.78, 5) is 28.1. The van der Waals surface area contributed by atoms with Crippen molar-refractivity contribution in [3.05, 3.63) is 59.7 Å². The van der Waals surface area contributed by atoms with Gasteiger partial charge in [0.2, 0.25) is 5.95 Å². The molecule has 0 aliphatic carbocycles. The first kappa shape index (κ1) is 21.4. The summed E-state index contributed by atoms with van der Waals surface area (Å²) in [6.45, 7) is 0. The van der Waals surface area contributed by atoms with Gasteiger partial charge in [-0.15, -0.1) is 0 Å². The Morgan fingerprint density at radius 3 is 1.97 bits per heavy atom. The topological polar surface area (TPSA) is 165 Å². The quantitative estimate of drug-likeness (QED) is 0.263. The Bertz CT molecular complexity index is 929. The van der Waals surface area contributed by atoms with Crippen molar-refractivity contribution >= 4 is 34.9 Å². The number of aromatic nitrogens is 2. The summed E-state index contributed by atoms with van der Waals surface area (Å²) in [5.74, 6) is -1.31. The summed E-state index contributed by atoms with van der Waals surface area (Å²) in [6, 6.07) is 15.0. The molecule has 2 aromatic carbocycles. The first-order valence-corrected chi connectivity index (χ1v) is 8.91. The molecule has 0 atom stereocenters. The van der Waals surface area contributed by atoms with Gasteiger partial charge in [0.25, 0.3) is 0 Å². The van der Waals surface area contributed by atoms with E-state index < -0.39 is 11.9 Å². The van der Waals surface area contributed by atoms with Crippen LogP contribution in [0.15, 0.2) is 48.5 Å². The summed E-state index contributed by atoms with van der Waals surface area (Å²) in [6.07, 6.45) is 1.05. The van der Waals surface area contributed by atoms with Crippen LogP contribution in [0.1, 0.15) is 24.0 Å². The van der Waals surface area contributed by atoms with Crippen LogP contribution < -0.4 is 11.1 Å². The van der Waals surface area contributed by atoms with Gasteiger partial charge in [-0.3, -0.25) is 20.3 Å². The van der Waals surface area contributed by atoms with Gasteiger partial charge >= 0.3 is 11.9 Å². The Balaban J connectivity index is 0.000000211. The van der Waals surface area contributed by atoms with Crippen LogP contribution in [-0.4, -0.2) is 38.1 Å². The summed E-state index contributed by atoms with van der Waals surface area (Å²) in [7, 11) is 0. The molecule has 3 aromatic rings. The number of rotatable bonds is 7. The number of carboxylic acid groups (broad SMARTS) is 2. The number of hydrogen-bond donors (Lipinski definition) is 6. The maximum absolute atomic E-state index is 10.5. The van der Waals surface area contributed by atoms with Crippen LogP contribution in [0.5, 0.6) is 0 Å². The third-order valence-electron chi connectivity index (χ3n) is 3.98. The van der Waals surface area contributed by atoms with Crippen molar-refractivity contribution in [2.75, 3.05) is 5.32 Å². The maximum Gasteiger partial charge on any atom is 0.303 e. The van der Waals surface area contributed by atoms with Crippen molar-refractivity contribution in [3.8, 4) is 0 Å². The lowest BCUT2D eigenvalue weighted by atomic mass is 9.99. The number of guanidine groups is 1. The number of aromatic amines is 1. The van der Waals surface area contributed by atoms with E-state index in [1.807, 2.05) is 48.5 Å². The highest BCUT2D eigenvalue weighted by atomic mass is 16.4. The van der Waals surface area contributed by atoms with E-state index in [0.29, 0.717) is 18.8 Å². The van der Waals surface area contributed by atoms with Crippen molar-refractivity contribution in [3.63, 3.8) is 0 Å². The number of hydrogen-bond acceptors (Lipinski definition) is 4. The monoisotopic (exact) mass is 397 g/mol. The van der Waals surface area contributed by atoms with Crippen LogP contribution in [0.25, 0.3) is 11.0 Å². The number of aryl methyl sites for hydroxylation is 2. The highest BCUT2D eigenvalue weighted by Gasteiger charge is 2.06. The van der Waals surface area contributed by atoms with E-state index in [1.54, 1.807) is 0 Å². The highest BCUT2D eigenvalue weighted by molar-refractivity contribution is 5.90. The first-order chi connectivity index (χ1) is 13.8. The van der Waals surface area contributed by atoms with Crippen molar-refractivity contribution in [2.45, 2.75) is 25.7 Å². The number of aliphatic carboxylic acids is 2. The molecule has 152 valence electrons. The fraction of sp³-hybridized carbons (Fsp3) is 0.200. The van der Waals surface area contributed by atoms with E-state index in [2.05, 4.69) is 15.3 Å². The fourth-order valence-electron chi connectivity index (χ4n) is 2.67. The van der Waals surface area contributed by atoms with Gasteiger partial charge in [0.05, 0.1) is 11.0 Å². The molecule has 0 aliphatic rings. The first-order valence-electron chi connectivity index (χ1n) is 8.91. The van der Waals surface area contributed by atoms with E-state index in [4.69, 9.17) is 21.4 Å². The van der Waals surface area contributed by atoms with E-state index in [1.165, 1.54) is 0 Å². The van der Waals surface area contributed by atoms with Gasteiger partial charge in [0, 0.05) is 12.8 Å².